The normalized spacial score (nSPS) is 15.5. The Hall–Kier alpha value is -1.70. The maximum atomic E-state index is 12.4. The molecule has 0 atom stereocenters. The Labute approximate surface area is 149 Å². The van der Waals surface area contributed by atoms with E-state index in [2.05, 4.69) is 10.2 Å². The van der Waals surface area contributed by atoms with E-state index >= 15 is 0 Å². The molecule has 0 radical (unpaired) electrons. The lowest BCUT2D eigenvalue weighted by Crippen LogP contribution is -2.50. The minimum atomic E-state index is -0.00752. The van der Waals surface area contributed by atoms with Crippen molar-refractivity contribution in [2.24, 2.45) is 0 Å². The number of piperazine rings is 1. The zero-order valence-corrected chi connectivity index (χ0v) is 15.3. The van der Waals surface area contributed by atoms with Crippen LogP contribution in [-0.2, 0) is 0 Å². The van der Waals surface area contributed by atoms with Crippen molar-refractivity contribution in [3.05, 3.63) is 44.3 Å². The first-order valence-electron chi connectivity index (χ1n) is 8.02. The molecule has 5 nitrogen and oxygen atoms in total. The SMILES string of the molecule is Cc1csc(C(=O)N2CCN(CCNC(=O)c3cccs3)CC2)c1. The predicted molar refractivity (Wildman–Crippen MR) is 98.1 cm³/mol. The summed E-state index contributed by atoms with van der Waals surface area (Å²) in [5.41, 5.74) is 1.14. The van der Waals surface area contributed by atoms with E-state index in [1.807, 2.05) is 40.8 Å². The van der Waals surface area contributed by atoms with E-state index in [0.29, 0.717) is 6.54 Å². The summed E-state index contributed by atoms with van der Waals surface area (Å²) in [6, 6.07) is 5.67. The predicted octanol–water partition coefficient (Wildman–Crippen LogP) is 2.31. The number of aryl methyl sites for hydroxylation is 1. The fourth-order valence-electron chi connectivity index (χ4n) is 2.70. The molecule has 2 aromatic rings. The Bertz CT molecular complexity index is 689. The number of hydrogen-bond donors (Lipinski definition) is 1. The summed E-state index contributed by atoms with van der Waals surface area (Å²) in [5.74, 6) is 0.130. The van der Waals surface area contributed by atoms with Crippen LogP contribution in [0.5, 0.6) is 0 Å². The molecule has 24 heavy (non-hydrogen) atoms. The van der Waals surface area contributed by atoms with Crippen molar-refractivity contribution >= 4 is 34.5 Å². The topological polar surface area (TPSA) is 52.7 Å². The van der Waals surface area contributed by atoms with E-state index in [4.69, 9.17) is 0 Å². The molecule has 1 fully saturated rings. The fourth-order valence-corrected chi connectivity index (χ4v) is 4.20. The van der Waals surface area contributed by atoms with Gasteiger partial charge >= 0.3 is 0 Å². The van der Waals surface area contributed by atoms with E-state index < -0.39 is 0 Å². The van der Waals surface area contributed by atoms with Crippen molar-refractivity contribution in [1.82, 2.24) is 15.1 Å². The van der Waals surface area contributed by atoms with Gasteiger partial charge in [0.25, 0.3) is 11.8 Å². The molecule has 3 rings (SSSR count). The van der Waals surface area contributed by atoms with Gasteiger partial charge in [-0.3, -0.25) is 14.5 Å². The third-order valence-electron chi connectivity index (χ3n) is 4.06. The molecule has 3 heterocycles. The number of nitrogens with one attached hydrogen (secondary N) is 1. The van der Waals surface area contributed by atoms with Gasteiger partial charge in [-0.15, -0.1) is 22.7 Å². The molecule has 1 N–H and O–H groups in total. The van der Waals surface area contributed by atoms with E-state index in [1.165, 1.54) is 22.7 Å². The number of carbonyl (C=O) groups excluding carboxylic acids is 2. The molecular formula is C17H21N3O2S2. The third-order valence-corrected chi connectivity index (χ3v) is 5.96. The molecule has 1 aliphatic rings. The van der Waals surface area contributed by atoms with Crippen molar-refractivity contribution in [3.8, 4) is 0 Å². The highest BCUT2D eigenvalue weighted by Crippen LogP contribution is 2.17. The molecule has 128 valence electrons. The second-order valence-corrected chi connectivity index (χ2v) is 7.71. The molecule has 0 saturated carbocycles. The van der Waals surface area contributed by atoms with Gasteiger partial charge in [-0.2, -0.15) is 0 Å². The van der Waals surface area contributed by atoms with Crippen molar-refractivity contribution < 1.29 is 9.59 Å². The average molecular weight is 364 g/mol. The second kappa shape index (κ2) is 7.92. The summed E-state index contributed by atoms with van der Waals surface area (Å²) in [7, 11) is 0. The van der Waals surface area contributed by atoms with Gasteiger partial charge in [0.05, 0.1) is 9.75 Å². The molecule has 1 saturated heterocycles. The zero-order chi connectivity index (χ0) is 16.9. The lowest BCUT2D eigenvalue weighted by molar-refractivity contribution is 0.0643. The highest BCUT2D eigenvalue weighted by Gasteiger charge is 2.22. The quantitative estimate of drug-likeness (QED) is 0.887. The Balaban J connectivity index is 1.39. The number of nitrogens with zero attached hydrogens (tertiary/aromatic N) is 2. The number of carbonyl (C=O) groups is 2. The molecule has 0 spiro atoms. The van der Waals surface area contributed by atoms with Gasteiger partial charge in [0, 0.05) is 39.3 Å². The van der Waals surface area contributed by atoms with Crippen LogP contribution in [0.2, 0.25) is 0 Å². The highest BCUT2D eigenvalue weighted by atomic mass is 32.1. The molecule has 0 bridgehead atoms. The van der Waals surface area contributed by atoms with E-state index in [-0.39, 0.29) is 11.8 Å². The maximum Gasteiger partial charge on any atom is 0.264 e. The van der Waals surface area contributed by atoms with Crippen LogP contribution in [0.3, 0.4) is 0 Å². The van der Waals surface area contributed by atoms with Gasteiger partial charge < -0.3 is 10.2 Å². The minimum absolute atomic E-state index is 0.00752. The van der Waals surface area contributed by atoms with Crippen LogP contribution in [0.1, 0.15) is 24.9 Å². The highest BCUT2D eigenvalue weighted by molar-refractivity contribution is 7.12. The number of thiophene rings is 2. The second-order valence-electron chi connectivity index (χ2n) is 5.86. The molecule has 0 aromatic carbocycles. The molecule has 7 heteroatoms. The molecule has 2 amide bonds. The van der Waals surface area contributed by atoms with Crippen LogP contribution in [-0.4, -0.2) is 60.9 Å². The van der Waals surface area contributed by atoms with Crippen LogP contribution in [0.4, 0.5) is 0 Å². The third kappa shape index (κ3) is 4.23. The smallest absolute Gasteiger partial charge is 0.264 e. The average Bonchev–Trinajstić information content (AvgIpc) is 3.26. The molecule has 1 aliphatic heterocycles. The van der Waals surface area contributed by atoms with Crippen molar-refractivity contribution in [1.29, 1.82) is 0 Å². The Morgan fingerprint density at radius 3 is 2.58 bits per heavy atom. The number of hydrogen-bond acceptors (Lipinski definition) is 5. The standard InChI is InChI=1S/C17H21N3O2S2/c1-13-11-15(24-12-13)17(22)20-8-6-19(7-9-20)5-4-18-16(21)14-3-2-10-23-14/h2-3,10-12H,4-9H2,1H3,(H,18,21). The van der Waals surface area contributed by atoms with Crippen LogP contribution in [0.25, 0.3) is 0 Å². The van der Waals surface area contributed by atoms with Gasteiger partial charge in [0.15, 0.2) is 0 Å². The van der Waals surface area contributed by atoms with Gasteiger partial charge in [0.2, 0.25) is 0 Å². The first-order chi connectivity index (χ1) is 11.6. The van der Waals surface area contributed by atoms with Gasteiger partial charge in [0.1, 0.15) is 0 Å². The van der Waals surface area contributed by atoms with Crippen molar-refractivity contribution in [3.63, 3.8) is 0 Å². The lowest BCUT2D eigenvalue weighted by atomic mass is 10.2. The summed E-state index contributed by atoms with van der Waals surface area (Å²) in [6.07, 6.45) is 0. The number of amides is 2. The summed E-state index contributed by atoms with van der Waals surface area (Å²) in [6.45, 7) is 6.65. The Kier molecular flexibility index (Phi) is 5.65. The zero-order valence-electron chi connectivity index (χ0n) is 13.7. The van der Waals surface area contributed by atoms with Crippen molar-refractivity contribution in [2.75, 3.05) is 39.3 Å². The van der Waals surface area contributed by atoms with E-state index in [9.17, 15) is 9.59 Å². The van der Waals surface area contributed by atoms with Gasteiger partial charge in [-0.25, -0.2) is 0 Å². The van der Waals surface area contributed by atoms with Crippen LogP contribution >= 0.6 is 22.7 Å². The van der Waals surface area contributed by atoms with E-state index in [1.54, 1.807) is 0 Å². The molecule has 0 unspecified atom stereocenters. The molecule has 0 aliphatic carbocycles. The summed E-state index contributed by atoms with van der Waals surface area (Å²) >= 11 is 2.97. The summed E-state index contributed by atoms with van der Waals surface area (Å²) in [4.78, 5) is 30.1. The fraction of sp³-hybridized carbons (Fsp3) is 0.412. The Morgan fingerprint density at radius 2 is 1.96 bits per heavy atom. The lowest BCUT2D eigenvalue weighted by Gasteiger charge is -2.34. The summed E-state index contributed by atoms with van der Waals surface area (Å²) in [5, 5.41) is 6.86. The first-order valence-corrected chi connectivity index (χ1v) is 9.78. The van der Waals surface area contributed by atoms with Crippen LogP contribution in [0.15, 0.2) is 29.0 Å². The Morgan fingerprint density at radius 1 is 1.17 bits per heavy atom. The molecule has 2 aromatic heterocycles. The van der Waals surface area contributed by atoms with Crippen LogP contribution in [0, 0.1) is 6.92 Å². The maximum absolute atomic E-state index is 12.4. The van der Waals surface area contributed by atoms with Gasteiger partial charge in [-0.1, -0.05) is 6.07 Å². The molecular weight excluding hydrogens is 342 g/mol. The first kappa shape index (κ1) is 17.1. The van der Waals surface area contributed by atoms with Crippen molar-refractivity contribution in [2.45, 2.75) is 6.92 Å². The monoisotopic (exact) mass is 363 g/mol. The van der Waals surface area contributed by atoms with Gasteiger partial charge in [-0.05, 0) is 35.4 Å². The largest absolute Gasteiger partial charge is 0.350 e. The van der Waals surface area contributed by atoms with Crippen LogP contribution < -0.4 is 5.32 Å². The summed E-state index contributed by atoms with van der Waals surface area (Å²) < 4.78 is 0. The van der Waals surface area contributed by atoms with E-state index in [0.717, 1.165) is 48.0 Å². The number of rotatable bonds is 5. The minimum Gasteiger partial charge on any atom is -0.350 e.